The fourth-order valence-electron chi connectivity index (χ4n) is 3.79. The Balaban J connectivity index is 1.67. The van der Waals surface area contributed by atoms with Crippen LogP contribution in [0.2, 0.25) is 0 Å². The van der Waals surface area contributed by atoms with Crippen molar-refractivity contribution in [3.05, 3.63) is 57.6 Å². The molecular formula is C23H27N3O6. The number of esters is 1. The normalized spacial score (nSPS) is 15.7. The predicted octanol–water partition coefficient (Wildman–Crippen LogP) is 3.94. The minimum atomic E-state index is -0.807. The Morgan fingerprint density at radius 3 is 2.72 bits per heavy atom. The fraction of sp³-hybridized carbons (Fsp3) is 0.391. The van der Waals surface area contributed by atoms with Gasteiger partial charge in [-0.2, -0.15) is 0 Å². The zero-order chi connectivity index (χ0) is 23.3. The van der Waals surface area contributed by atoms with Crippen molar-refractivity contribution in [2.75, 3.05) is 37.0 Å². The van der Waals surface area contributed by atoms with Gasteiger partial charge < -0.3 is 19.7 Å². The molecule has 32 heavy (non-hydrogen) atoms. The predicted molar refractivity (Wildman–Crippen MR) is 120 cm³/mol. The van der Waals surface area contributed by atoms with E-state index in [1.165, 1.54) is 19.2 Å². The van der Waals surface area contributed by atoms with Crippen LogP contribution in [-0.4, -0.2) is 43.6 Å². The lowest BCUT2D eigenvalue weighted by Gasteiger charge is -2.32. The third-order valence-electron chi connectivity index (χ3n) is 5.37. The molecule has 1 fully saturated rings. The molecule has 170 valence electrons. The Bertz CT molecular complexity index is 1020. The second-order valence-electron chi connectivity index (χ2n) is 7.98. The zero-order valence-corrected chi connectivity index (χ0v) is 18.4. The number of benzene rings is 2. The lowest BCUT2D eigenvalue weighted by atomic mass is 9.99. The molecule has 0 aromatic heterocycles. The van der Waals surface area contributed by atoms with Crippen molar-refractivity contribution in [3.8, 4) is 5.75 Å². The highest BCUT2D eigenvalue weighted by atomic mass is 16.6. The number of nitro benzene ring substituents is 1. The maximum Gasteiger partial charge on any atom is 0.338 e. The molecule has 0 saturated carbocycles. The number of rotatable bonds is 7. The second kappa shape index (κ2) is 10.1. The molecule has 9 heteroatoms. The van der Waals surface area contributed by atoms with E-state index in [1.54, 1.807) is 18.2 Å². The molecule has 2 aromatic rings. The quantitative estimate of drug-likeness (QED) is 0.393. The highest BCUT2D eigenvalue weighted by molar-refractivity contribution is 5.97. The molecule has 1 amide bonds. The summed E-state index contributed by atoms with van der Waals surface area (Å²) >= 11 is 0. The van der Waals surface area contributed by atoms with Crippen LogP contribution in [0, 0.1) is 23.0 Å². The molecule has 1 aliphatic heterocycles. The Labute approximate surface area is 186 Å². The van der Waals surface area contributed by atoms with E-state index in [0.29, 0.717) is 23.0 Å². The maximum absolute atomic E-state index is 12.4. The van der Waals surface area contributed by atoms with Gasteiger partial charge in [0.05, 0.1) is 23.3 Å². The standard InChI is InChI=1S/C23H27N3O6/c1-15-6-9-21(31-3)18(11-15)24-22(27)14-32-23(28)17-7-8-19(20(12-17)26(29)30)25-10-4-5-16(2)13-25/h6-9,11-12,16H,4-5,10,13-14H2,1-3H3,(H,24,27). The first-order valence-corrected chi connectivity index (χ1v) is 10.4. The molecule has 1 aliphatic rings. The minimum absolute atomic E-state index is 0.0199. The van der Waals surface area contributed by atoms with E-state index in [9.17, 15) is 19.7 Å². The molecule has 0 radical (unpaired) electrons. The smallest absolute Gasteiger partial charge is 0.338 e. The van der Waals surface area contributed by atoms with Gasteiger partial charge in [0.15, 0.2) is 6.61 Å². The van der Waals surface area contributed by atoms with Gasteiger partial charge in [0.2, 0.25) is 0 Å². The number of methoxy groups -OCH3 is 1. The van der Waals surface area contributed by atoms with Crippen LogP contribution in [0.5, 0.6) is 5.75 Å². The molecule has 0 aliphatic carbocycles. The SMILES string of the molecule is COc1ccc(C)cc1NC(=O)COC(=O)c1ccc(N2CCCC(C)C2)c([N+](=O)[O-])c1. The van der Waals surface area contributed by atoms with Gasteiger partial charge in [-0.05, 0) is 55.5 Å². The Morgan fingerprint density at radius 2 is 2.03 bits per heavy atom. The number of nitro groups is 1. The summed E-state index contributed by atoms with van der Waals surface area (Å²) in [5.41, 5.74) is 1.74. The summed E-state index contributed by atoms with van der Waals surface area (Å²) in [5.74, 6) is -0.430. The molecule has 3 rings (SSSR count). The molecule has 1 heterocycles. The Morgan fingerprint density at radius 1 is 1.25 bits per heavy atom. The van der Waals surface area contributed by atoms with Gasteiger partial charge in [-0.3, -0.25) is 14.9 Å². The number of piperidine rings is 1. The number of nitrogens with zero attached hydrogens (tertiary/aromatic N) is 2. The summed E-state index contributed by atoms with van der Waals surface area (Å²) in [6.45, 7) is 4.91. The number of anilines is 2. The number of hydrogen-bond acceptors (Lipinski definition) is 7. The van der Waals surface area contributed by atoms with Crippen LogP contribution in [0.1, 0.15) is 35.7 Å². The number of ether oxygens (including phenoxy) is 2. The van der Waals surface area contributed by atoms with Gasteiger partial charge in [-0.25, -0.2) is 4.79 Å². The van der Waals surface area contributed by atoms with Crippen LogP contribution >= 0.6 is 0 Å². The minimum Gasteiger partial charge on any atom is -0.495 e. The first-order valence-electron chi connectivity index (χ1n) is 10.4. The number of carbonyl (C=O) groups is 2. The average molecular weight is 441 g/mol. The van der Waals surface area contributed by atoms with Crippen molar-refractivity contribution in [1.29, 1.82) is 0 Å². The average Bonchev–Trinajstić information content (AvgIpc) is 2.77. The maximum atomic E-state index is 12.4. The molecule has 1 saturated heterocycles. The van der Waals surface area contributed by atoms with Gasteiger partial charge in [0.1, 0.15) is 11.4 Å². The van der Waals surface area contributed by atoms with E-state index >= 15 is 0 Å². The van der Waals surface area contributed by atoms with Crippen LogP contribution in [0.3, 0.4) is 0 Å². The van der Waals surface area contributed by atoms with Crippen LogP contribution in [0.4, 0.5) is 17.1 Å². The lowest BCUT2D eigenvalue weighted by molar-refractivity contribution is -0.384. The van der Waals surface area contributed by atoms with E-state index in [2.05, 4.69) is 12.2 Å². The molecule has 9 nitrogen and oxygen atoms in total. The molecule has 1 N–H and O–H groups in total. The summed E-state index contributed by atoms with van der Waals surface area (Å²) in [4.78, 5) is 37.8. The van der Waals surface area contributed by atoms with Gasteiger partial charge in [0, 0.05) is 19.2 Å². The van der Waals surface area contributed by atoms with Crippen LogP contribution < -0.4 is 15.0 Å². The molecule has 2 aromatic carbocycles. The van der Waals surface area contributed by atoms with E-state index in [0.717, 1.165) is 31.5 Å². The van der Waals surface area contributed by atoms with Crippen LogP contribution in [0.15, 0.2) is 36.4 Å². The van der Waals surface area contributed by atoms with Crippen LogP contribution in [0.25, 0.3) is 0 Å². The zero-order valence-electron chi connectivity index (χ0n) is 18.4. The molecule has 1 unspecified atom stereocenters. The summed E-state index contributed by atoms with van der Waals surface area (Å²) in [6, 6.07) is 9.58. The van der Waals surface area contributed by atoms with Gasteiger partial charge >= 0.3 is 5.97 Å². The summed E-state index contributed by atoms with van der Waals surface area (Å²) in [5, 5.41) is 14.3. The van der Waals surface area contributed by atoms with Gasteiger partial charge in [-0.1, -0.05) is 13.0 Å². The molecule has 1 atom stereocenters. The first kappa shape index (κ1) is 23.1. The number of amides is 1. The van der Waals surface area contributed by atoms with E-state index in [1.807, 2.05) is 17.9 Å². The first-order chi connectivity index (χ1) is 15.3. The topological polar surface area (TPSA) is 111 Å². The van der Waals surface area contributed by atoms with Crippen molar-refractivity contribution in [2.24, 2.45) is 5.92 Å². The van der Waals surface area contributed by atoms with Crippen molar-refractivity contribution in [3.63, 3.8) is 0 Å². The number of hydrogen-bond donors (Lipinski definition) is 1. The fourth-order valence-corrected chi connectivity index (χ4v) is 3.79. The number of aryl methyl sites for hydroxylation is 1. The summed E-state index contributed by atoms with van der Waals surface area (Å²) < 4.78 is 10.3. The van der Waals surface area contributed by atoms with Gasteiger partial charge in [0.25, 0.3) is 11.6 Å². The largest absolute Gasteiger partial charge is 0.495 e. The third kappa shape index (κ3) is 5.54. The Hall–Kier alpha value is -3.62. The summed E-state index contributed by atoms with van der Waals surface area (Å²) in [7, 11) is 1.49. The Kier molecular flexibility index (Phi) is 7.29. The highest BCUT2D eigenvalue weighted by Gasteiger charge is 2.25. The van der Waals surface area contributed by atoms with Gasteiger partial charge in [-0.15, -0.1) is 0 Å². The van der Waals surface area contributed by atoms with Crippen LogP contribution in [-0.2, 0) is 9.53 Å². The lowest BCUT2D eigenvalue weighted by Crippen LogP contribution is -2.34. The van der Waals surface area contributed by atoms with Crippen molar-refractivity contribution in [2.45, 2.75) is 26.7 Å². The summed E-state index contributed by atoms with van der Waals surface area (Å²) in [6.07, 6.45) is 2.05. The second-order valence-corrected chi connectivity index (χ2v) is 7.98. The number of carbonyl (C=O) groups excluding carboxylic acids is 2. The molecule has 0 bridgehead atoms. The highest BCUT2D eigenvalue weighted by Crippen LogP contribution is 2.32. The molecular weight excluding hydrogens is 414 g/mol. The van der Waals surface area contributed by atoms with E-state index < -0.39 is 23.4 Å². The van der Waals surface area contributed by atoms with Crippen molar-refractivity contribution in [1.82, 2.24) is 0 Å². The molecule has 0 spiro atoms. The van der Waals surface area contributed by atoms with Crippen molar-refractivity contribution < 1.29 is 24.0 Å². The van der Waals surface area contributed by atoms with E-state index in [4.69, 9.17) is 9.47 Å². The van der Waals surface area contributed by atoms with E-state index in [-0.39, 0.29) is 11.3 Å². The number of nitrogens with one attached hydrogen (secondary N) is 1. The monoisotopic (exact) mass is 441 g/mol. The van der Waals surface area contributed by atoms with Crippen molar-refractivity contribution >= 4 is 28.9 Å². The third-order valence-corrected chi connectivity index (χ3v) is 5.37.